The molecular formula is C19H20ClN3O4. The van der Waals surface area contributed by atoms with Crippen LogP contribution in [-0.4, -0.2) is 59.1 Å². The largest absolute Gasteiger partial charge is 0.378 e. The highest BCUT2D eigenvalue weighted by atomic mass is 35.5. The van der Waals surface area contributed by atoms with E-state index in [1.807, 2.05) is 19.9 Å². The number of hydrogen-bond donors (Lipinski definition) is 0. The van der Waals surface area contributed by atoms with Crippen LogP contribution in [0.15, 0.2) is 22.7 Å². The summed E-state index contributed by atoms with van der Waals surface area (Å²) in [6.45, 7) is 6.58. The van der Waals surface area contributed by atoms with Crippen molar-refractivity contribution in [2.24, 2.45) is 0 Å². The Kier molecular flexibility index (Phi) is 4.65. The van der Waals surface area contributed by atoms with Gasteiger partial charge in [0, 0.05) is 37.3 Å². The van der Waals surface area contributed by atoms with Crippen LogP contribution < -0.4 is 0 Å². The van der Waals surface area contributed by atoms with E-state index in [2.05, 4.69) is 5.16 Å². The monoisotopic (exact) mass is 389 g/mol. The van der Waals surface area contributed by atoms with Crippen molar-refractivity contribution >= 4 is 23.4 Å². The highest BCUT2D eigenvalue weighted by Crippen LogP contribution is 2.35. The molecule has 1 saturated heterocycles. The Morgan fingerprint density at radius 2 is 1.96 bits per heavy atom. The van der Waals surface area contributed by atoms with Gasteiger partial charge in [-0.1, -0.05) is 16.8 Å². The van der Waals surface area contributed by atoms with Gasteiger partial charge in [-0.05, 0) is 31.5 Å². The number of carbonyl (C=O) groups is 2. The molecule has 4 rings (SSSR count). The van der Waals surface area contributed by atoms with Crippen molar-refractivity contribution in [2.75, 3.05) is 26.3 Å². The maximum Gasteiger partial charge on any atom is 0.276 e. The van der Waals surface area contributed by atoms with E-state index in [1.54, 1.807) is 21.9 Å². The SMILES string of the molecule is CC(C)N1Cc2cc(-c3cc(C(=O)N4CCOCC4)no3)cc(Cl)c2C1=O. The van der Waals surface area contributed by atoms with Gasteiger partial charge < -0.3 is 19.1 Å². The Labute approximate surface area is 161 Å². The number of morpholine rings is 1. The summed E-state index contributed by atoms with van der Waals surface area (Å²) in [6.07, 6.45) is 0. The number of aromatic nitrogens is 1. The van der Waals surface area contributed by atoms with Crippen LogP contribution in [0.5, 0.6) is 0 Å². The lowest BCUT2D eigenvalue weighted by molar-refractivity contribution is 0.0296. The van der Waals surface area contributed by atoms with Gasteiger partial charge >= 0.3 is 0 Å². The molecule has 142 valence electrons. The molecule has 3 heterocycles. The molecular weight excluding hydrogens is 370 g/mol. The normalized spacial score (nSPS) is 17.0. The van der Waals surface area contributed by atoms with Gasteiger partial charge in [-0.25, -0.2) is 0 Å². The molecule has 1 fully saturated rings. The molecule has 1 aromatic carbocycles. The van der Waals surface area contributed by atoms with Crippen LogP contribution in [0, 0.1) is 0 Å². The van der Waals surface area contributed by atoms with E-state index < -0.39 is 0 Å². The van der Waals surface area contributed by atoms with E-state index in [0.29, 0.717) is 54.8 Å². The highest BCUT2D eigenvalue weighted by molar-refractivity contribution is 6.34. The number of carbonyl (C=O) groups excluding carboxylic acids is 2. The van der Waals surface area contributed by atoms with Gasteiger partial charge in [-0.2, -0.15) is 0 Å². The number of rotatable bonds is 3. The molecule has 0 bridgehead atoms. The molecule has 2 aliphatic heterocycles. The topological polar surface area (TPSA) is 75.9 Å². The molecule has 0 aliphatic carbocycles. The van der Waals surface area contributed by atoms with Crippen molar-refractivity contribution in [1.29, 1.82) is 0 Å². The van der Waals surface area contributed by atoms with Crippen molar-refractivity contribution in [3.05, 3.63) is 40.0 Å². The van der Waals surface area contributed by atoms with Gasteiger partial charge in [0.15, 0.2) is 11.5 Å². The van der Waals surface area contributed by atoms with E-state index in [4.69, 9.17) is 20.9 Å². The molecule has 0 N–H and O–H groups in total. The first-order chi connectivity index (χ1) is 13.0. The van der Waals surface area contributed by atoms with E-state index in [1.165, 1.54) is 0 Å². The van der Waals surface area contributed by atoms with Crippen LogP contribution in [0.25, 0.3) is 11.3 Å². The lowest BCUT2D eigenvalue weighted by Gasteiger charge is -2.25. The average molecular weight is 390 g/mol. The third-order valence-electron chi connectivity index (χ3n) is 4.92. The van der Waals surface area contributed by atoms with Crippen LogP contribution in [0.2, 0.25) is 5.02 Å². The zero-order valence-electron chi connectivity index (χ0n) is 15.2. The first kappa shape index (κ1) is 18.0. The lowest BCUT2D eigenvalue weighted by Crippen LogP contribution is -2.40. The summed E-state index contributed by atoms with van der Waals surface area (Å²) in [5, 5.41) is 4.30. The Bertz CT molecular complexity index is 902. The highest BCUT2D eigenvalue weighted by Gasteiger charge is 2.32. The number of nitrogens with zero attached hydrogens (tertiary/aromatic N) is 3. The smallest absolute Gasteiger partial charge is 0.276 e. The van der Waals surface area contributed by atoms with Crippen molar-refractivity contribution < 1.29 is 18.8 Å². The summed E-state index contributed by atoms with van der Waals surface area (Å²) in [5.74, 6) is 0.214. The van der Waals surface area contributed by atoms with Crippen molar-refractivity contribution in [3.8, 4) is 11.3 Å². The molecule has 0 saturated carbocycles. The van der Waals surface area contributed by atoms with Gasteiger partial charge in [-0.15, -0.1) is 0 Å². The lowest BCUT2D eigenvalue weighted by atomic mass is 10.0. The zero-order chi connectivity index (χ0) is 19.1. The number of ether oxygens (including phenoxy) is 1. The van der Waals surface area contributed by atoms with E-state index in [9.17, 15) is 9.59 Å². The van der Waals surface area contributed by atoms with Crippen molar-refractivity contribution in [1.82, 2.24) is 15.0 Å². The second kappa shape index (κ2) is 6.98. The summed E-state index contributed by atoms with van der Waals surface area (Å²) in [7, 11) is 0. The van der Waals surface area contributed by atoms with E-state index in [0.717, 1.165) is 5.56 Å². The standard InChI is InChI=1S/C19H20ClN3O4/c1-11(2)23-10-13-7-12(8-14(20)17(13)19(23)25)16-9-15(21-27-16)18(24)22-3-5-26-6-4-22/h7-9,11H,3-6,10H2,1-2H3. The summed E-state index contributed by atoms with van der Waals surface area (Å²) in [4.78, 5) is 28.5. The molecule has 8 heteroatoms. The summed E-state index contributed by atoms with van der Waals surface area (Å²) in [6, 6.07) is 5.27. The van der Waals surface area contributed by atoms with Crippen molar-refractivity contribution in [2.45, 2.75) is 26.4 Å². The zero-order valence-corrected chi connectivity index (χ0v) is 16.0. The molecule has 0 spiro atoms. The third kappa shape index (κ3) is 3.21. The number of hydrogen-bond acceptors (Lipinski definition) is 5. The Morgan fingerprint density at radius 1 is 1.22 bits per heavy atom. The molecule has 2 aliphatic rings. The molecule has 0 radical (unpaired) electrons. The molecule has 0 unspecified atom stereocenters. The van der Waals surface area contributed by atoms with E-state index >= 15 is 0 Å². The molecule has 27 heavy (non-hydrogen) atoms. The summed E-state index contributed by atoms with van der Waals surface area (Å²) in [5.41, 5.74) is 2.35. The number of halogens is 1. The predicted molar refractivity (Wildman–Crippen MR) is 98.7 cm³/mol. The average Bonchev–Trinajstić information content (AvgIpc) is 3.27. The third-order valence-corrected chi connectivity index (χ3v) is 5.22. The minimum Gasteiger partial charge on any atom is -0.378 e. The van der Waals surface area contributed by atoms with Gasteiger partial charge in [0.25, 0.3) is 11.8 Å². The van der Waals surface area contributed by atoms with Gasteiger partial charge in [0.05, 0.1) is 23.8 Å². The molecule has 2 amide bonds. The predicted octanol–water partition coefficient (Wildman–Crippen LogP) is 2.83. The molecule has 7 nitrogen and oxygen atoms in total. The van der Waals surface area contributed by atoms with Gasteiger partial charge in [-0.3, -0.25) is 9.59 Å². The second-order valence-electron chi connectivity index (χ2n) is 7.00. The quantitative estimate of drug-likeness (QED) is 0.806. The maximum absolute atomic E-state index is 12.5. The number of amides is 2. The van der Waals surface area contributed by atoms with Crippen LogP contribution in [0.3, 0.4) is 0 Å². The first-order valence-corrected chi connectivity index (χ1v) is 9.31. The van der Waals surface area contributed by atoms with Crippen LogP contribution in [-0.2, 0) is 11.3 Å². The Morgan fingerprint density at radius 3 is 2.67 bits per heavy atom. The van der Waals surface area contributed by atoms with E-state index in [-0.39, 0.29) is 23.6 Å². The fourth-order valence-electron chi connectivity index (χ4n) is 3.43. The fraction of sp³-hybridized carbons (Fsp3) is 0.421. The molecule has 0 atom stereocenters. The van der Waals surface area contributed by atoms with Crippen LogP contribution in [0.4, 0.5) is 0 Å². The number of benzene rings is 1. The first-order valence-electron chi connectivity index (χ1n) is 8.93. The summed E-state index contributed by atoms with van der Waals surface area (Å²) >= 11 is 6.38. The fourth-order valence-corrected chi connectivity index (χ4v) is 3.75. The minimum absolute atomic E-state index is 0.0581. The van der Waals surface area contributed by atoms with Crippen LogP contribution >= 0.6 is 11.6 Å². The summed E-state index contributed by atoms with van der Waals surface area (Å²) < 4.78 is 10.7. The van der Waals surface area contributed by atoms with Crippen LogP contribution in [0.1, 0.15) is 40.3 Å². The Hall–Kier alpha value is -2.38. The second-order valence-corrected chi connectivity index (χ2v) is 7.41. The van der Waals surface area contributed by atoms with Gasteiger partial charge in [0.2, 0.25) is 0 Å². The molecule has 2 aromatic rings. The number of fused-ring (bicyclic) bond motifs is 1. The molecule has 1 aromatic heterocycles. The minimum atomic E-state index is -0.179. The van der Waals surface area contributed by atoms with Gasteiger partial charge in [0.1, 0.15) is 0 Å². The Balaban J connectivity index is 1.61. The van der Waals surface area contributed by atoms with Crippen molar-refractivity contribution in [3.63, 3.8) is 0 Å². The maximum atomic E-state index is 12.5.